The molecule has 36 heavy (non-hydrogen) atoms. The number of carbonyl (C=O) groups excluding carboxylic acids is 2. The first-order valence-electron chi connectivity index (χ1n) is 11.2. The van der Waals surface area contributed by atoms with Gasteiger partial charge in [0.2, 0.25) is 5.91 Å². The summed E-state index contributed by atoms with van der Waals surface area (Å²) in [4.78, 5) is 26.0. The van der Waals surface area contributed by atoms with Crippen molar-refractivity contribution in [2.24, 2.45) is 0 Å². The van der Waals surface area contributed by atoms with Crippen LogP contribution in [0, 0.1) is 11.3 Å². The first-order chi connectivity index (χ1) is 17.5. The molecule has 0 bridgehead atoms. The van der Waals surface area contributed by atoms with Gasteiger partial charge in [-0.2, -0.15) is 5.26 Å². The van der Waals surface area contributed by atoms with Gasteiger partial charge in [-0.15, -0.1) is 0 Å². The fourth-order valence-corrected chi connectivity index (χ4v) is 5.22. The number of allylic oxidation sites excluding steroid dienone is 2. The lowest BCUT2D eigenvalue weighted by atomic mass is 9.82. The molecule has 2 amide bonds. The Morgan fingerprint density at radius 1 is 0.972 bits per heavy atom. The Kier molecular flexibility index (Phi) is 8.26. The number of dihydropyridines is 1. The molecule has 6 nitrogen and oxygen atoms in total. The summed E-state index contributed by atoms with van der Waals surface area (Å²) < 4.78 is 0.865. The molecule has 0 aromatic heterocycles. The van der Waals surface area contributed by atoms with Crippen LogP contribution in [-0.4, -0.2) is 17.6 Å². The van der Waals surface area contributed by atoms with Crippen molar-refractivity contribution in [3.63, 3.8) is 0 Å². The zero-order chi connectivity index (χ0) is 25.5. The summed E-state index contributed by atoms with van der Waals surface area (Å²) in [6, 6.07) is 28.3. The van der Waals surface area contributed by atoms with E-state index in [9.17, 15) is 14.9 Å². The van der Waals surface area contributed by atoms with Crippen LogP contribution in [0.1, 0.15) is 18.4 Å². The third kappa shape index (κ3) is 6.06. The number of thioether (sulfide) groups is 1. The van der Waals surface area contributed by atoms with Gasteiger partial charge in [0.1, 0.15) is 0 Å². The molecular weight excluding hydrogens is 536 g/mol. The molecule has 3 aromatic carbocycles. The molecule has 0 aliphatic carbocycles. The van der Waals surface area contributed by atoms with E-state index in [2.05, 4.69) is 37.9 Å². The lowest BCUT2D eigenvalue weighted by Crippen LogP contribution is -2.31. The van der Waals surface area contributed by atoms with Crippen molar-refractivity contribution >= 4 is 50.9 Å². The highest BCUT2D eigenvalue weighted by Gasteiger charge is 2.34. The fraction of sp³-hybridized carbons (Fsp3) is 0.107. The largest absolute Gasteiger partial charge is 0.353 e. The smallest absolute Gasteiger partial charge is 0.254 e. The van der Waals surface area contributed by atoms with Gasteiger partial charge in [0.25, 0.3) is 5.91 Å². The number of para-hydroxylation sites is 1. The predicted octanol–water partition coefficient (Wildman–Crippen LogP) is 6.16. The molecule has 0 saturated heterocycles. The summed E-state index contributed by atoms with van der Waals surface area (Å²) in [5.74, 6) is -0.961. The van der Waals surface area contributed by atoms with Gasteiger partial charge in [-0.25, -0.2) is 0 Å². The molecule has 3 N–H and O–H groups in total. The van der Waals surface area contributed by atoms with E-state index in [-0.39, 0.29) is 17.6 Å². The number of halogens is 1. The first-order valence-corrected chi connectivity index (χ1v) is 13.0. The predicted molar refractivity (Wildman–Crippen MR) is 148 cm³/mol. The van der Waals surface area contributed by atoms with Gasteiger partial charge < -0.3 is 16.0 Å². The number of amides is 2. The first kappa shape index (κ1) is 25.3. The van der Waals surface area contributed by atoms with Crippen LogP contribution in [-0.2, 0) is 9.59 Å². The Hall–Kier alpha value is -3.80. The average molecular weight is 559 g/mol. The van der Waals surface area contributed by atoms with E-state index in [1.807, 2.05) is 91.9 Å². The second-order valence-corrected chi connectivity index (χ2v) is 9.93. The SMILES string of the molecule is CC1=C(C(=O)Nc2ccccc2)[C@@H](c2ccccc2)C(C#N)=C(SCC(=O)Nc2cccc(Br)c2)N1. The van der Waals surface area contributed by atoms with Gasteiger partial charge in [0.05, 0.1) is 28.3 Å². The van der Waals surface area contributed by atoms with Crippen molar-refractivity contribution in [2.75, 3.05) is 16.4 Å². The molecule has 180 valence electrons. The highest BCUT2D eigenvalue weighted by molar-refractivity contribution is 9.10. The minimum atomic E-state index is -0.572. The lowest BCUT2D eigenvalue weighted by Gasteiger charge is -2.29. The number of hydrogen-bond acceptors (Lipinski definition) is 5. The maximum atomic E-state index is 13.4. The summed E-state index contributed by atoms with van der Waals surface area (Å²) in [5.41, 5.74) is 3.66. The molecule has 1 aliphatic rings. The zero-order valence-corrected chi connectivity index (χ0v) is 21.8. The Balaban J connectivity index is 1.60. The van der Waals surface area contributed by atoms with Crippen LogP contribution in [0.2, 0.25) is 0 Å². The van der Waals surface area contributed by atoms with Crippen LogP contribution in [0.25, 0.3) is 0 Å². The molecule has 8 heteroatoms. The zero-order valence-electron chi connectivity index (χ0n) is 19.4. The van der Waals surface area contributed by atoms with Crippen LogP contribution in [0.5, 0.6) is 0 Å². The number of anilines is 2. The number of hydrogen-bond donors (Lipinski definition) is 3. The number of nitrogens with zero attached hydrogens (tertiary/aromatic N) is 1. The van der Waals surface area contributed by atoms with Crippen molar-refractivity contribution in [2.45, 2.75) is 12.8 Å². The molecule has 0 saturated carbocycles. The third-order valence-electron chi connectivity index (χ3n) is 5.51. The highest BCUT2D eigenvalue weighted by atomic mass is 79.9. The maximum Gasteiger partial charge on any atom is 0.254 e. The molecule has 1 aliphatic heterocycles. The van der Waals surface area contributed by atoms with Crippen molar-refractivity contribution in [1.29, 1.82) is 5.26 Å². The number of rotatable bonds is 7. The molecule has 0 unspecified atom stereocenters. The Morgan fingerprint density at radius 2 is 1.64 bits per heavy atom. The molecule has 0 fully saturated rings. The second-order valence-electron chi connectivity index (χ2n) is 8.03. The summed E-state index contributed by atoms with van der Waals surface area (Å²) in [7, 11) is 0. The van der Waals surface area contributed by atoms with Gasteiger partial charge in [0.15, 0.2) is 0 Å². The molecule has 0 spiro atoms. The third-order valence-corrected chi connectivity index (χ3v) is 7.02. The number of benzene rings is 3. The summed E-state index contributed by atoms with van der Waals surface area (Å²) in [6.07, 6.45) is 0. The van der Waals surface area contributed by atoms with E-state index in [4.69, 9.17) is 0 Å². The monoisotopic (exact) mass is 558 g/mol. The van der Waals surface area contributed by atoms with Gasteiger partial charge in [-0.05, 0) is 42.8 Å². The van der Waals surface area contributed by atoms with Crippen LogP contribution >= 0.6 is 27.7 Å². The summed E-state index contributed by atoms with van der Waals surface area (Å²) >= 11 is 4.63. The molecule has 1 heterocycles. The standard InChI is InChI=1S/C28H23BrN4O2S/c1-18-25(27(35)33-21-12-6-3-7-13-21)26(19-9-4-2-5-10-19)23(16-30)28(31-18)36-17-24(34)32-22-14-8-11-20(29)15-22/h2-15,26,31H,17H2,1H3,(H,32,34)(H,33,35)/t26-/m0/s1. The summed E-state index contributed by atoms with van der Waals surface area (Å²) in [6.45, 7) is 1.81. The van der Waals surface area contributed by atoms with Crippen molar-refractivity contribution in [3.05, 3.63) is 117 Å². The van der Waals surface area contributed by atoms with E-state index in [1.54, 1.807) is 0 Å². The van der Waals surface area contributed by atoms with Gasteiger partial charge in [-0.1, -0.05) is 82.3 Å². The van der Waals surface area contributed by atoms with E-state index < -0.39 is 5.92 Å². The minimum Gasteiger partial charge on any atom is -0.353 e. The van der Waals surface area contributed by atoms with Gasteiger partial charge in [-0.3, -0.25) is 9.59 Å². The molecule has 3 aromatic rings. The summed E-state index contributed by atoms with van der Waals surface area (Å²) in [5, 5.41) is 19.8. The molecule has 4 rings (SSSR count). The van der Waals surface area contributed by atoms with Crippen molar-refractivity contribution < 1.29 is 9.59 Å². The van der Waals surface area contributed by atoms with Crippen molar-refractivity contribution in [1.82, 2.24) is 5.32 Å². The number of carbonyl (C=O) groups is 2. The van der Waals surface area contributed by atoms with E-state index >= 15 is 0 Å². The van der Waals surface area contributed by atoms with Crippen LogP contribution in [0.15, 0.2) is 111 Å². The second kappa shape index (κ2) is 11.8. The Bertz CT molecular complexity index is 1380. The van der Waals surface area contributed by atoms with Gasteiger partial charge in [0, 0.05) is 27.1 Å². The molecule has 0 radical (unpaired) electrons. The fourth-order valence-electron chi connectivity index (χ4n) is 3.93. The Morgan fingerprint density at radius 3 is 2.31 bits per heavy atom. The topological polar surface area (TPSA) is 94.0 Å². The normalized spacial score (nSPS) is 15.1. The van der Waals surface area contributed by atoms with Gasteiger partial charge >= 0.3 is 0 Å². The van der Waals surface area contributed by atoms with Crippen LogP contribution in [0.3, 0.4) is 0 Å². The van der Waals surface area contributed by atoms with E-state index in [1.165, 1.54) is 11.8 Å². The van der Waals surface area contributed by atoms with Crippen LogP contribution < -0.4 is 16.0 Å². The van der Waals surface area contributed by atoms with E-state index in [0.29, 0.717) is 33.2 Å². The van der Waals surface area contributed by atoms with Crippen LogP contribution in [0.4, 0.5) is 11.4 Å². The number of nitriles is 1. The number of nitrogens with one attached hydrogen (secondary N) is 3. The minimum absolute atomic E-state index is 0.0976. The highest BCUT2D eigenvalue weighted by Crippen LogP contribution is 2.40. The lowest BCUT2D eigenvalue weighted by molar-refractivity contribution is -0.114. The molecular formula is C28H23BrN4O2S. The van der Waals surface area contributed by atoms with E-state index in [0.717, 1.165) is 10.0 Å². The Labute approximate surface area is 222 Å². The molecule has 1 atom stereocenters. The maximum absolute atomic E-state index is 13.4. The quantitative estimate of drug-likeness (QED) is 0.323. The van der Waals surface area contributed by atoms with Crippen molar-refractivity contribution in [3.8, 4) is 6.07 Å². The average Bonchev–Trinajstić information content (AvgIpc) is 2.88.